The summed E-state index contributed by atoms with van der Waals surface area (Å²) in [5.41, 5.74) is 10.4. The SMILES string of the molecule is CN(c1ccccc1)C1(CN)CCc2ccccc2C1. The highest BCUT2D eigenvalue weighted by molar-refractivity contribution is 5.50. The Morgan fingerprint density at radius 3 is 2.35 bits per heavy atom. The van der Waals surface area contributed by atoms with E-state index in [-0.39, 0.29) is 5.54 Å². The molecule has 1 atom stereocenters. The van der Waals surface area contributed by atoms with Gasteiger partial charge in [0.2, 0.25) is 0 Å². The van der Waals surface area contributed by atoms with Crippen LogP contribution in [0, 0.1) is 0 Å². The number of fused-ring (bicyclic) bond motifs is 1. The van der Waals surface area contributed by atoms with Gasteiger partial charge in [-0.3, -0.25) is 0 Å². The highest BCUT2D eigenvalue weighted by Crippen LogP contribution is 2.34. The molecule has 0 spiro atoms. The normalized spacial score (nSPS) is 21.3. The molecule has 2 nitrogen and oxygen atoms in total. The Labute approximate surface area is 121 Å². The average molecular weight is 266 g/mol. The minimum Gasteiger partial charge on any atom is -0.367 e. The molecular formula is C18H22N2. The van der Waals surface area contributed by atoms with E-state index in [1.165, 1.54) is 16.8 Å². The van der Waals surface area contributed by atoms with Crippen LogP contribution in [0.5, 0.6) is 0 Å². The van der Waals surface area contributed by atoms with Crippen LogP contribution in [0.4, 0.5) is 5.69 Å². The van der Waals surface area contributed by atoms with Crippen molar-refractivity contribution in [3.63, 3.8) is 0 Å². The van der Waals surface area contributed by atoms with E-state index >= 15 is 0 Å². The molecule has 3 rings (SSSR count). The summed E-state index contributed by atoms with van der Waals surface area (Å²) in [6.07, 6.45) is 3.27. The van der Waals surface area contributed by atoms with Crippen molar-refractivity contribution in [3.8, 4) is 0 Å². The van der Waals surface area contributed by atoms with Gasteiger partial charge in [-0.15, -0.1) is 0 Å². The first-order valence-corrected chi connectivity index (χ1v) is 7.31. The molecule has 0 saturated heterocycles. The third kappa shape index (κ3) is 2.20. The summed E-state index contributed by atoms with van der Waals surface area (Å²) >= 11 is 0. The van der Waals surface area contributed by atoms with Gasteiger partial charge in [-0.2, -0.15) is 0 Å². The van der Waals surface area contributed by atoms with Gasteiger partial charge < -0.3 is 10.6 Å². The topological polar surface area (TPSA) is 29.3 Å². The van der Waals surface area contributed by atoms with Crippen molar-refractivity contribution in [1.82, 2.24) is 0 Å². The predicted molar refractivity (Wildman–Crippen MR) is 85.1 cm³/mol. The molecule has 1 aliphatic rings. The van der Waals surface area contributed by atoms with Gasteiger partial charge in [0.25, 0.3) is 0 Å². The first-order valence-electron chi connectivity index (χ1n) is 7.31. The average Bonchev–Trinajstić information content (AvgIpc) is 2.54. The van der Waals surface area contributed by atoms with Crippen LogP contribution in [0.3, 0.4) is 0 Å². The number of hydrogen-bond acceptors (Lipinski definition) is 2. The zero-order valence-electron chi connectivity index (χ0n) is 12.0. The van der Waals surface area contributed by atoms with Crippen molar-refractivity contribution in [3.05, 3.63) is 65.7 Å². The molecule has 2 heteroatoms. The van der Waals surface area contributed by atoms with Crippen LogP contribution in [-0.2, 0) is 12.8 Å². The highest BCUT2D eigenvalue weighted by Gasteiger charge is 2.36. The van der Waals surface area contributed by atoms with Crippen LogP contribution in [0.15, 0.2) is 54.6 Å². The lowest BCUT2D eigenvalue weighted by molar-refractivity contribution is 0.363. The van der Waals surface area contributed by atoms with Gasteiger partial charge in [-0.05, 0) is 42.5 Å². The van der Waals surface area contributed by atoms with E-state index in [1.54, 1.807) is 0 Å². The Morgan fingerprint density at radius 1 is 1.00 bits per heavy atom. The second-order valence-corrected chi connectivity index (χ2v) is 5.77. The lowest BCUT2D eigenvalue weighted by atomic mass is 9.76. The molecule has 1 unspecified atom stereocenters. The van der Waals surface area contributed by atoms with Crippen molar-refractivity contribution in [2.75, 3.05) is 18.5 Å². The Hall–Kier alpha value is -1.80. The van der Waals surface area contributed by atoms with E-state index in [0.717, 1.165) is 19.3 Å². The summed E-state index contributed by atoms with van der Waals surface area (Å²) in [4.78, 5) is 2.38. The van der Waals surface area contributed by atoms with Crippen LogP contribution >= 0.6 is 0 Å². The Balaban J connectivity index is 1.94. The Bertz CT molecular complexity index is 579. The second-order valence-electron chi connectivity index (χ2n) is 5.77. The molecule has 1 aliphatic carbocycles. The van der Waals surface area contributed by atoms with E-state index in [2.05, 4.69) is 66.5 Å². The molecule has 2 N–H and O–H groups in total. The number of likely N-dealkylation sites (N-methyl/N-ethyl adjacent to an activating group) is 1. The summed E-state index contributed by atoms with van der Waals surface area (Å²) in [5.74, 6) is 0. The Kier molecular flexibility index (Phi) is 3.49. The summed E-state index contributed by atoms with van der Waals surface area (Å²) in [7, 11) is 2.18. The Morgan fingerprint density at radius 2 is 1.65 bits per heavy atom. The molecule has 0 saturated carbocycles. The number of anilines is 1. The van der Waals surface area contributed by atoms with Crippen LogP contribution < -0.4 is 10.6 Å². The highest BCUT2D eigenvalue weighted by atomic mass is 15.2. The summed E-state index contributed by atoms with van der Waals surface area (Å²) < 4.78 is 0. The van der Waals surface area contributed by atoms with Crippen molar-refractivity contribution < 1.29 is 0 Å². The minimum absolute atomic E-state index is 0.0374. The monoisotopic (exact) mass is 266 g/mol. The first-order chi connectivity index (χ1) is 9.75. The zero-order chi connectivity index (χ0) is 14.0. The quantitative estimate of drug-likeness (QED) is 0.925. The fourth-order valence-corrected chi connectivity index (χ4v) is 3.31. The van der Waals surface area contributed by atoms with Gasteiger partial charge >= 0.3 is 0 Å². The maximum atomic E-state index is 6.19. The van der Waals surface area contributed by atoms with E-state index < -0.39 is 0 Å². The molecular weight excluding hydrogens is 244 g/mol. The van der Waals surface area contributed by atoms with Gasteiger partial charge in [0, 0.05) is 19.3 Å². The fraction of sp³-hybridized carbons (Fsp3) is 0.333. The van der Waals surface area contributed by atoms with E-state index in [4.69, 9.17) is 5.73 Å². The molecule has 0 radical (unpaired) electrons. The van der Waals surface area contributed by atoms with Crippen molar-refractivity contribution in [2.24, 2.45) is 5.73 Å². The smallest absolute Gasteiger partial charge is 0.0564 e. The molecule has 104 valence electrons. The van der Waals surface area contributed by atoms with Crippen LogP contribution in [0.1, 0.15) is 17.5 Å². The molecule has 0 aromatic heterocycles. The number of nitrogens with two attached hydrogens (primary N) is 1. The molecule has 0 bridgehead atoms. The lowest BCUT2D eigenvalue weighted by Gasteiger charge is -2.46. The zero-order valence-corrected chi connectivity index (χ0v) is 12.0. The van der Waals surface area contributed by atoms with Crippen molar-refractivity contribution in [2.45, 2.75) is 24.8 Å². The van der Waals surface area contributed by atoms with Gasteiger partial charge in [0.15, 0.2) is 0 Å². The molecule has 0 aliphatic heterocycles. The third-order valence-corrected chi connectivity index (χ3v) is 4.73. The summed E-state index contributed by atoms with van der Waals surface area (Å²) in [6.45, 7) is 0.687. The number of para-hydroxylation sites is 1. The van der Waals surface area contributed by atoms with E-state index in [1.807, 2.05) is 0 Å². The third-order valence-electron chi connectivity index (χ3n) is 4.73. The number of nitrogens with zero attached hydrogens (tertiary/aromatic N) is 1. The number of benzene rings is 2. The van der Waals surface area contributed by atoms with Gasteiger partial charge in [0.05, 0.1) is 5.54 Å². The molecule has 20 heavy (non-hydrogen) atoms. The standard InChI is InChI=1S/C18H22N2/c1-20(17-9-3-2-4-10-17)18(14-19)12-11-15-7-5-6-8-16(15)13-18/h2-10H,11-14,19H2,1H3. The minimum atomic E-state index is 0.0374. The predicted octanol–water partition coefficient (Wildman–Crippen LogP) is 3.01. The van der Waals surface area contributed by atoms with E-state index in [0.29, 0.717) is 6.54 Å². The van der Waals surface area contributed by atoms with Gasteiger partial charge in [-0.25, -0.2) is 0 Å². The fourth-order valence-electron chi connectivity index (χ4n) is 3.31. The largest absolute Gasteiger partial charge is 0.367 e. The molecule has 0 amide bonds. The van der Waals surface area contributed by atoms with Crippen LogP contribution in [0.25, 0.3) is 0 Å². The van der Waals surface area contributed by atoms with Crippen LogP contribution in [0.2, 0.25) is 0 Å². The number of aryl methyl sites for hydroxylation is 1. The molecule has 2 aromatic rings. The first kappa shape index (κ1) is 13.2. The van der Waals surface area contributed by atoms with E-state index in [9.17, 15) is 0 Å². The van der Waals surface area contributed by atoms with Crippen LogP contribution in [-0.4, -0.2) is 19.1 Å². The second kappa shape index (κ2) is 5.29. The van der Waals surface area contributed by atoms with Gasteiger partial charge in [-0.1, -0.05) is 42.5 Å². The molecule has 2 aromatic carbocycles. The maximum absolute atomic E-state index is 6.19. The number of hydrogen-bond donors (Lipinski definition) is 1. The summed E-state index contributed by atoms with van der Waals surface area (Å²) in [5, 5.41) is 0. The maximum Gasteiger partial charge on any atom is 0.0564 e. The molecule has 0 heterocycles. The lowest BCUT2D eigenvalue weighted by Crippen LogP contribution is -2.56. The van der Waals surface area contributed by atoms with Gasteiger partial charge in [0.1, 0.15) is 0 Å². The van der Waals surface area contributed by atoms with Crippen molar-refractivity contribution in [1.29, 1.82) is 0 Å². The number of rotatable bonds is 3. The summed E-state index contributed by atoms with van der Waals surface area (Å²) in [6, 6.07) is 19.3. The van der Waals surface area contributed by atoms with Crippen molar-refractivity contribution >= 4 is 5.69 Å². The molecule has 0 fully saturated rings.